The zero-order chi connectivity index (χ0) is 11.6. The summed E-state index contributed by atoms with van der Waals surface area (Å²) < 4.78 is 0. The highest BCUT2D eigenvalue weighted by atomic mass is 16.3. The van der Waals surface area contributed by atoms with Gasteiger partial charge in [0.25, 0.3) is 0 Å². The Labute approximate surface area is 91.6 Å². The largest absolute Gasteiger partial charge is 0.392 e. The summed E-state index contributed by atoms with van der Waals surface area (Å²) >= 11 is 0. The first-order chi connectivity index (χ1) is 6.89. The number of amides is 1. The second-order valence-corrected chi connectivity index (χ2v) is 4.89. The first kappa shape index (κ1) is 12.2. The van der Waals surface area contributed by atoms with Crippen LogP contribution in [0.5, 0.6) is 0 Å². The molecule has 3 nitrogen and oxygen atoms in total. The Kier molecular flexibility index (Phi) is 3.55. The molecule has 0 aromatic rings. The van der Waals surface area contributed by atoms with Gasteiger partial charge < -0.3 is 10.4 Å². The smallest absolute Gasteiger partial charge is 0.246 e. The molecule has 3 heteroatoms. The van der Waals surface area contributed by atoms with Gasteiger partial charge in [0.15, 0.2) is 0 Å². The third-order valence-electron chi connectivity index (χ3n) is 3.39. The summed E-state index contributed by atoms with van der Waals surface area (Å²) in [5.41, 5.74) is 0.567. The Balaban J connectivity index is 2.51. The summed E-state index contributed by atoms with van der Waals surface area (Å²) in [5.74, 6) is -0.0122. The van der Waals surface area contributed by atoms with Crippen LogP contribution in [0.15, 0.2) is 11.6 Å². The maximum Gasteiger partial charge on any atom is 0.246 e. The molecule has 0 aromatic carbocycles. The van der Waals surface area contributed by atoms with Gasteiger partial charge in [0.2, 0.25) is 5.91 Å². The molecular weight excluding hydrogens is 190 g/mol. The monoisotopic (exact) mass is 211 g/mol. The van der Waals surface area contributed by atoms with E-state index in [1.54, 1.807) is 0 Å². The molecule has 0 bridgehead atoms. The Morgan fingerprint density at radius 1 is 1.60 bits per heavy atom. The van der Waals surface area contributed by atoms with Crippen molar-refractivity contribution in [1.82, 2.24) is 5.32 Å². The van der Waals surface area contributed by atoms with Gasteiger partial charge in [-0.1, -0.05) is 26.8 Å². The van der Waals surface area contributed by atoms with E-state index in [0.717, 1.165) is 12.0 Å². The molecule has 1 amide bonds. The molecule has 86 valence electrons. The molecule has 2 N–H and O–H groups in total. The van der Waals surface area contributed by atoms with Crippen molar-refractivity contribution in [2.24, 2.45) is 5.41 Å². The van der Waals surface area contributed by atoms with E-state index in [4.69, 9.17) is 0 Å². The van der Waals surface area contributed by atoms with Crippen molar-refractivity contribution >= 4 is 5.91 Å². The number of aliphatic hydroxyl groups is 1. The lowest BCUT2D eigenvalue weighted by atomic mass is 9.64. The molecule has 0 heterocycles. The zero-order valence-electron chi connectivity index (χ0n) is 10.0. The van der Waals surface area contributed by atoms with E-state index < -0.39 is 0 Å². The number of aliphatic hydroxyl groups excluding tert-OH is 1. The maximum absolute atomic E-state index is 11.7. The van der Waals surface area contributed by atoms with E-state index >= 15 is 0 Å². The minimum Gasteiger partial charge on any atom is -0.392 e. The molecule has 2 atom stereocenters. The van der Waals surface area contributed by atoms with Gasteiger partial charge in [-0.05, 0) is 19.8 Å². The van der Waals surface area contributed by atoms with Crippen LogP contribution in [0.2, 0.25) is 0 Å². The van der Waals surface area contributed by atoms with Crippen molar-refractivity contribution < 1.29 is 9.90 Å². The van der Waals surface area contributed by atoms with Gasteiger partial charge in [0.1, 0.15) is 0 Å². The van der Waals surface area contributed by atoms with E-state index in [0.29, 0.717) is 6.42 Å². The Morgan fingerprint density at radius 2 is 2.20 bits per heavy atom. The molecule has 1 aliphatic rings. The van der Waals surface area contributed by atoms with Crippen LogP contribution in [0.4, 0.5) is 0 Å². The van der Waals surface area contributed by atoms with E-state index in [-0.39, 0.29) is 23.5 Å². The average Bonchev–Trinajstić information content (AvgIpc) is 2.17. The molecule has 1 rings (SSSR count). The average molecular weight is 211 g/mol. The molecule has 0 aliphatic heterocycles. The highest BCUT2D eigenvalue weighted by molar-refractivity contribution is 5.93. The topological polar surface area (TPSA) is 49.3 Å². The van der Waals surface area contributed by atoms with Crippen molar-refractivity contribution in [3.05, 3.63) is 11.6 Å². The standard InChI is InChI=1S/C12H21NO2/c1-5-6-8(2)11(15)13-9-7-10(14)12(9,3)4/h6,9-10,14H,5,7H2,1-4H3,(H,13,15)/b8-6-. The molecule has 1 fully saturated rings. The molecule has 1 aliphatic carbocycles. The molecule has 0 aromatic heterocycles. The number of hydrogen-bond acceptors (Lipinski definition) is 2. The molecule has 1 saturated carbocycles. The molecule has 0 radical (unpaired) electrons. The van der Waals surface area contributed by atoms with Crippen LogP contribution in [-0.2, 0) is 4.79 Å². The number of nitrogens with one attached hydrogen (secondary N) is 1. The van der Waals surface area contributed by atoms with Crippen LogP contribution < -0.4 is 5.32 Å². The van der Waals surface area contributed by atoms with Crippen molar-refractivity contribution in [3.8, 4) is 0 Å². The van der Waals surface area contributed by atoms with Crippen LogP contribution in [-0.4, -0.2) is 23.2 Å². The third kappa shape index (κ3) is 2.40. The van der Waals surface area contributed by atoms with Crippen molar-refractivity contribution in [2.45, 2.75) is 52.7 Å². The van der Waals surface area contributed by atoms with Gasteiger partial charge in [0, 0.05) is 17.0 Å². The summed E-state index contributed by atoms with van der Waals surface area (Å²) in [7, 11) is 0. The van der Waals surface area contributed by atoms with Crippen LogP contribution in [0.25, 0.3) is 0 Å². The Morgan fingerprint density at radius 3 is 2.60 bits per heavy atom. The van der Waals surface area contributed by atoms with Gasteiger partial charge in [0.05, 0.1) is 6.10 Å². The molecule has 0 saturated heterocycles. The fourth-order valence-corrected chi connectivity index (χ4v) is 1.82. The molecule has 15 heavy (non-hydrogen) atoms. The Hall–Kier alpha value is -0.830. The van der Waals surface area contributed by atoms with Crippen molar-refractivity contribution in [3.63, 3.8) is 0 Å². The predicted molar refractivity (Wildman–Crippen MR) is 60.4 cm³/mol. The number of carbonyl (C=O) groups is 1. The summed E-state index contributed by atoms with van der Waals surface area (Å²) in [6.45, 7) is 7.78. The molecule has 0 spiro atoms. The van der Waals surface area contributed by atoms with E-state index in [2.05, 4.69) is 5.32 Å². The molecular formula is C12H21NO2. The second-order valence-electron chi connectivity index (χ2n) is 4.89. The van der Waals surface area contributed by atoms with Gasteiger partial charge in [-0.25, -0.2) is 0 Å². The SMILES string of the molecule is CC/C=C(/C)C(=O)NC1CC(O)C1(C)C. The fourth-order valence-electron chi connectivity index (χ4n) is 1.82. The number of rotatable bonds is 3. The zero-order valence-corrected chi connectivity index (χ0v) is 10.0. The van der Waals surface area contributed by atoms with E-state index in [1.165, 1.54) is 0 Å². The lowest BCUT2D eigenvalue weighted by Crippen LogP contribution is -2.61. The van der Waals surface area contributed by atoms with Crippen LogP contribution in [0, 0.1) is 5.41 Å². The van der Waals surface area contributed by atoms with E-state index in [1.807, 2.05) is 33.8 Å². The summed E-state index contributed by atoms with van der Waals surface area (Å²) in [4.78, 5) is 11.7. The maximum atomic E-state index is 11.7. The minimum atomic E-state index is -0.293. The van der Waals surface area contributed by atoms with Gasteiger partial charge >= 0.3 is 0 Å². The highest BCUT2D eigenvalue weighted by Crippen LogP contribution is 2.40. The van der Waals surface area contributed by atoms with Crippen LogP contribution in [0.3, 0.4) is 0 Å². The summed E-state index contributed by atoms with van der Waals surface area (Å²) in [6, 6.07) is 0.0974. The van der Waals surface area contributed by atoms with Crippen LogP contribution in [0.1, 0.15) is 40.5 Å². The fraction of sp³-hybridized carbons (Fsp3) is 0.750. The normalized spacial score (nSPS) is 29.5. The number of carbonyl (C=O) groups excluding carboxylic acids is 1. The lowest BCUT2D eigenvalue weighted by molar-refractivity contribution is -0.125. The minimum absolute atomic E-state index is 0.0122. The Bertz CT molecular complexity index is 281. The lowest BCUT2D eigenvalue weighted by Gasteiger charge is -2.49. The first-order valence-electron chi connectivity index (χ1n) is 5.55. The van der Waals surface area contributed by atoms with E-state index in [9.17, 15) is 9.90 Å². The molecule has 2 unspecified atom stereocenters. The number of hydrogen-bond donors (Lipinski definition) is 2. The quantitative estimate of drug-likeness (QED) is 0.697. The number of allylic oxidation sites excluding steroid dienone is 1. The first-order valence-corrected chi connectivity index (χ1v) is 5.55. The van der Waals surface area contributed by atoms with Crippen molar-refractivity contribution in [1.29, 1.82) is 0 Å². The van der Waals surface area contributed by atoms with Crippen LogP contribution >= 0.6 is 0 Å². The summed E-state index contributed by atoms with van der Waals surface area (Å²) in [6.07, 6.45) is 3.16. The predicted octanol–water partition coefficient (Wildman–Crippen LogP) is 1.62. The highest BCUT2D eigenvalue weighted by Gasteiger charge is 2.47. The third-order valence-corrected chi connectivity index (χ3v) is 3.39. The van der Waals surface area contributed by atoms with Gasteiger partial charge in [-0.15, -0.1) is 0 Å². The second kappa shape index (κ2) is 4.35. The van der Waals surface area contributed by atoms with Crippen molar-refractivity contribution in [2.75, 3.05) is 0 Å². The van der Waals surface area contributed by atoms with Gasteiger partial charge in [-0.2, -0.15) is 0 Å². The van der Waals surface area contributed by atoms with Gasteiger partial charge in [-0.3, -0.25) is 4.79 Å². The summed E-state index contributed by atoms with van der Waals surface area (Å²) in [5, 5.41) is 12.5.